The van der Waals surface area contributed by atoms with Crippen molar-refractivity contribution >= 4 is 17.5 Å². The third-order valence-electron chi connectivity index (χ3n) is 4.53. The van der Waals surface area contributed by atoms with Crippen molar-refractivity contribution in [3.05, 3.63) is 52.5 Å². The molecular weight excluding hydrogens is 392 g/mol. The number of rotatable bonds is 6. The van der Waals surface area contributed by atoms with Crippen molar-refractivity contribution in [3.63, 3.8) is 0 Å². The van der Waals surface area contributed by atoms with Crippen molar-refractivity contribution in [2.45, 2.75) is 26.3 Å². The zero-order chi connectivity index (χ0) is 20.8. The molecule has 0 radical (unpaired) electrons. The van der Waals surface area contributed by atoms with Crippen LogP contribution in [0.15, 0.2) is 36.4 Å². The average Bonchev–Trinajstić information content (AvgIpc) is 2.95. The van der Waals surface area contributed by atoms with Crippen molar-refractivity contribution in [1.82, 2.24) is 5.32 Å². The molecule has 7 heteroatoms. The molecule has 0 aromatic heterocycles. The highest BCUT2D eigenvalue weighted by Gasteiger charge is 2.21. The Kier molecular flexibility index (Phi) is 6.84. The fourth-order valence-electron chi connectivity index (χ4n) is 3.05. The van der Waals surface area contributed by atoms with Crippen molar-refractivity contribution in [2.24, 2.45) is 5.92 Å². The maximum Gasteiger partial charge on any atom is 0.258 e. The quantitative estimate of drug-likeness (QED) is 0.763. The smallest absolute Gasteiger partial charge is 0.258 e. The summed E-state index contributed by atoms with van der Waals surface area (Å²) in [6.45, 7) is 5.12. The molecule has 1 aliphatic rings. The predicted molar refractivity (Wildman–Crippen MR) is 109 cm³/mol. The van der Waals surface area contributed by atoms with E-state index >= 15 is 0 Å². The highest BCUT2D eigenvalue weighted by atomic mass is 35.5. The number of nitriles is 1. The maximum atomic E-state index is 12.5. The van der Waals surface area contributed by atoms with Gasteiger partial charge in [0.25, 0.3) is 5.91 Å². The van der Waals surface area contributed by atoms with Crippen molar-refractivity contribution in [2.75, 3.05) is 19.8 Å². The molecule has 0 saturated heterocycles. The molecule has 1 atom stereocenters. The molecule has 0 spiro atoms. The zero-order valence-corrected chi connectivity index (χ0v) is 17.2. The van der Waals surface area contributed by atoms with Crippen LogP contribution in [-0.2, 0) is 4.79 Å². The van der Waals surface area contributed by atoms with Gasteiger partial charge in [-0.05, 0) is 41.8 Å². The number of carbonyl (C=O) groups is 1. The van der Waals surface area contributed by atoms with Crippen LogP contribution in [0.1, 0.15) is 37.4 Å². The summed E-state index contributed by atoms with van der Waals surface area (Å²) >= 11 is 6.09. The molecule has 2 aromatic rings. The van der Waals surface area contributed by atoms with Crippen LogP contribution in [0.2, 0.25) is 5.02 Å². The van der Waals surface area contributed by atoms with E-state index in [2.05, 4.69) is 5.32 Å². The summed E-state index contributed by atoms with van der Waals surface area (Å²) in [5.74, 6) is 1.66. The Morgan fingerprint density at radius 2 is 1.97 bits per heavy atom. The highest BCUT2D eigenvalue weighted by Crippen LogP contribution is 2.34. The number of nitrogens with zero attached hydrogens (tertiary/aromatic N) is 1. The van der Waals surface area contributed by atoms with E-state index in [9.17, 15) is 4.79 Å². The first-order valence-electron chi connectivity index (χ1n) is 9.49. The summed E-state index contributed by atoms with van der Waals surface area (Å²) in [4.78, 5) is 12.5. The molecule has 1 heterocycles. The first-order chi connectivity index (χ1) is 14.0. The summed E-state index contributed by atoms with van der Waals surface area (Å²) < 4.78 is 17.0. The van der Waals surface area contributed by atoms with Gasteiger partial charge in [0.2, 0.25) is 0 Å². The molecule has 0 bridgehead atoms. The van der Waals surface area contributed by atoms with E-state index < -0.39 is 0 Å². The standard InChI is InChI=1S/C22H23ClN2O4/c1-14(2)22(16-5-7-19-20(11-16)28-9-3-8-27-19)25-21(26)13-29-18-6-4-15(12-24)10-17(18)23/h4-7,10-11,14,22H,3,8-9,13H2,1-2H3,(H,25,26). The van der Waals surface area contributed by atoms with E-state index in [-0.39, 0.29) is 24.5 Å². The first kappa shape index (κ1) is 20.8. The monoisotopic (exact) mass is 414 g/mol. The Hall–Kier alpha value is -2.91. The van der Waals surface area contributed by atoms with Gasteiger partial charge in [-0.1, -0.05) is 31.5 Å². The average molecular weight is 415 g/mol. The number of fused-ring (bicyclic) bond motifs is 1. The Labute approximate surface area is 175 Å². The number of ether oxygens (including phenoxy) is 3. The minimum Gasteiger partial charge on any atom is -0.490 e. The lowest BCUT2D eigenvalue weighted by Gasteiger charge is -2.24. The van der Waals surface area contributed by atoms with Crippen LogP contribution >= 0.6 is 11.6 Å². The topological polar surface area (TPSA) is 80.6 Å². The summed E-state index contributed by atoms with van der Waals surface area (Å²) in [6.07, 6.45) is 0.837. The molecule has 6 nitrogen and oxygen atoms in total. The second-order valence-electron chi connectivity index (χ2n) is 7.09. The van der Waals surface area contributed by atoms with Gasteiger partial charge in [-0.15, -0.1) is 0 Å². The van der Waals surface area contributed by atoms with Gasteiger partial charge in [0.1, 0.15) is 5.75 Å². The Morgan fingerprint density at radius 3 is 2.66 bits per heavy atom. The van der Waals surface area contributed by atoms with Gasteiger partial charge in [0.15, 0.2) is 18.1 Å². The van der Waals surface area contributed by atoms with Gasteiger partial charge in [0, 0.05) is 6.42 Å². The van der Waals surface area contributed by atoms with E-state index in [4.69, 9.17) is 31.1 Å². The lowest BCUT2D eigenvalue weighted by molar-refractivity contribution is -0.124. The first-order valence-corrected chi connectivity index (χ1v) is 9.87. The van der Waals surface area contributed by atoms with E-state index in [0.29, 0.717) is 35.3 Å². The van der Waals surface area contributed by atoms with Crippen LogP contribution in [-0.4, -0.2) is 25.7 Å². The van der Waals surface area contributed by atoms with Gasteiger partial charge in [-0.3, -0.25) is 4.79 Å². The van der Waals surface area contributed by atoms with Gasteiger partial charge in [-0.2, -0.15) is 5.26 Å². The number of carbonyl (C=O) groups excluding carboxylic acids is 1. The van der Waals surface area contributed by atoms with Gasteiger partial charge < -0.3 is 19.5 Å². The lowest BCUT2D eigenvalue weighted by Crippen LogP contribution is -2.35. The third-order valence-corrected chi connectivity index (χ3v) is 4.83. The summed E-state index contributed by atoms with van der Waals surface area (Å²) in [5.41, 5.74) is 1.37. The predicted octanol–water partition coefficient (Wildman–Crippen LogP) is 4.27. The summed E-state index contributed by atoms with van der Waals surface area (Å²) in [7, 11) is 0. The Bertz CT molecular complexity index is 924. The van der Waals surface area contributed by atoms with Gasteiger partial charge in [0.05, 0.1) is 35.9 Å². The zero-order valence-electron chi connectivity index (χ0n) is 16.4. The third kappa shape index (κ3) is 5.33. The van der Waals surface area contributed by atoms with E-state index in [1.807, 2.05) is 38.1 Å². The van der Waals surface area contributed by atoms with Crippen LogP contribution in [0.25, 0.3) is 0 Å². The van der Waals surface area contributed by atoms with E-state index in [1.54, 1.807) is 12.1 Å². The fourth-order valence-corrected chi connectivity index (χ4v) is 3.29. The molecule has 0 fully saturated rings. The summed E-state index contributed by atoms with van der Waals surface area (Å²) in [6, 6.07) is 12.2. The lowest BCUT2D eigenvalue weighted by atomic mass is 9.95. The molecule has 1 amide bonds. The molecule has 2 aromatic carbocycles. The largest absolute Gasteiger partial charge is 0.490 e. The Morgan fingerprint density at radius 1 is 1.21 bits per heavy atom. The minimum atomic E-state index is -0.267. The van der Waals surface area contributed by atoms with Crippen molar-refractivity contribution in [3.8, 4) is 23.3 Å². The maximum absolute atomic E-state index is 12.5. The second-order valence-corrected chi connectivity index (χ2v) is 7.50. The molecule has 3 rings (SSSR count). The summed E-state index contributed by atoms with van der Waals surface area (Å²) in [5, 5.41) is 12.2. The number of hydrogen-bond donors (Lipinski definition) is 1. The number of benzene rings is 2. The van der Waals surface area contributed by atoms with Gasteiger partial charge in [-0.25, -0.2) is 0 Å². The SMILES string of the molecule is CC(C)C(NC(=O)COc1ccc(C#N)cc1Cl)c1ccc2c(c1)OCCCO2. The molecule has 0 aliphatic carbocycles. The van der Waals surface area contributed by atoms with Crippen LogP contribution in [0.5, 0.6) is 17.2 Å². The van der Waals surface area contributed by atoms with Gasteiger partial charge >= 0.3 is 0 Å². The molecule has 152 valence electrons. The molecule has 1 N–H and O–H groups in total. The number of hydrogen-bond acceptors (Lipinski definition) is 5. The minimum absolute atomic E-state index is 0.155. The number of halogens is 1. The van der Waals surface area contributed by atoms with Crippen LogP contribution in [0.4, 0.5) is 0 Å². The Balaban J connectivity index is 1.67. The normalized spacial score (nSPS) is 13.9. The van der Waals surface area contributed by atoms with E-state index in [0.717, 1.165) is 17.7 Å². The number of nitrogens with one attached hydrogen (secondary N) is 1. The molecule has 1 aliphatic heterocycles. The molecule has 0 saturated carbocycles. The van der Waals surface area contributed by atoms with Crippen LogP contribution in [0.3, 0.4) is 0 Å². The molecular formula is C22H23ClN2O4. The second kappa shape index (κ2) is 9.53. The number of amides is 1. The highest BCUT2D eigenvalue weighted by molar-refractivity contribution is 6.32. The van der Waals surface area contributed by atoms with Crippen molar-refractivity contribution in [1.29, 1.82) is 5.26 Å². The molecule has 29 heavy (non-hydrogen) atoms. The van der Waals surface area contributed by atoms with Crippen LogP contribution in [0, 0.1) is 17.2 Å². The van der Waals surface area contributed by atoms with Crippen LogP contribution < -0.4 is 19.5 Å². The van der Waals surface area contributed by atoms with Crippen molar-refractivity contribution < 1.29 is 19.0 Å². The fraction of sp³-hybridized carbons (Fsp3) is 0.364. The molecule has 1 unspecified atom stereocenters. The van der Waals surface area contributed by atoms with E-state index in [1.165, 1.54) is 6.07 Å².